The fraction of sp³-hybridized carbons (Fsp3) is 0.267. The van der Waals surface area contributed by atoms with Crippen LogP contribution in [0.2, 0.25) is 0 Å². The molecule has 0 spiro atoms. The summed E-state index contributed by atoms with van der Waals surface area (Å²) in [4.78, 5) is 65.8. The number of allylic oxidation sites excluding steroid dienone is 6. The average Bonchev–Trinajstić information content (AvgIpc) is 3.21. The van der Waals surface area contributed by atoms with Gasteiger partial charge < -0.3 is 9.84 Å². The Morgan fingerprint density at radius 1 is 1.07 bits per heavy atom. The monoisotopic (exact) mass is 618 g/mol. The Morgan fingerprint density at radius 2 is 1.80 bits per heavy atom. The molecule has 4 unspecified atom stereocenters. The number of non-ortho nitro benzene ring substituents is 1. The first kappa shape index (κ1) is 26.8. The van der Waals surface area contributed by atoms with E-state index in [1.807, 2.05) is 6.08 Å². The van der Waals surface area contributed by atoms with Gasteiger partial charge in [0, 0.05) is 35.3 Å². The number of anilines is 1. The van der Waals surface area contributed by atoms with Gasteiger partial charge in [0.15, 0.2) is 23.1 Å². The van der Waals surface area contributed by atoms with Gasteiger partial charge in [-0.3, -0.25) is 34.2 Å². The number of imide groups is 1. The van der Waals surface area contributed by atoms with Crippen molar-refractivity contribution in [1.82, 2.24) is 0 Å². The van der Waals surface area contributed by atoms with Gasteiger partial charge in [-0.1, -0.05) is 17.7 Å². The van der Waals surface area contributed by atoms with Crippen molar-refractivity contribution in [3.8, 4) is 11.5 Å². The molecule has 41 heavy (non-hydrogen) atoms. The fourth-order valence-corrected chi connectivity index (χ4v) is 6.99. The molecule has 4 atom stereocenters. The maximum absolute atomic E-state index is 13.9. The van der Waals surface area contributed by atoms with E-state index in [1.165, 1.54) is 36.4 Å². The smallest absolute Gasteiger partial charge is 0.269 e. The summed E-state index contributed by atoms with van der Waals surface area (Å²) >= 11 is 3.21. The number of halogens is 1. The number of ketones is 2. The zero-order valence-corrected chi connectivity index (χ0v) is 23.3. The Labute approximate surface area is 242 Å². The minimum absolute atomic E-state index is 0.0705. The number of hydrogen-bond acceptors (Lipinski definition) is 8. The number of phenols is 1. The van der Waals surface area contributed by atoms with Crippen LogP contribution in [-0.4, -0.2) is 40.0 Å². The summed E-state index contributed by atoms with van der Waals surface area (Å²) in [6, 6.07) is 10.0. The second kappa shape index (κ2) is 9.91. The molecule has 2 amide bonds. The molecule has 2 aromatic carbocycles. The van der Waals surface area contributed by atoms with Gasteiger partial charge in [0.05, 0.1) is 33.5 Å². The number of carbonyl (C=O) groups excluding carboxylic acids is 4. The predicted octanol–water partition coefficient (Wildman–Crippen LogP) is 4.67. The van der Waals surface area contributed by atoms with Crippen LogP contribution in [0.3, 0.4) is 0 Å². The Bertz CT molecular complexity index is 1650. The molecule has 0 aromatic heterocycles. The highest BCUT2D eigenvalue weighted by Gasteiger charge is 2.56. The van der Waals surface area contributed by atoms with Gasteiger partial charge in [-0.15, -0.1) is 0 Å². The number of Topliss-reactive ketones (excluding diaryl/α,β-unsaturated/α-hetero) is 1. The van der Waals surface area contributed by atoms with Crippen molar-refractivity contribution in [2.45, 2.75) is 25.7 Å². The van der Waals surface area contributed by atoms with Crippen molar-refractivity contribution in [2.75, 3.05) is 11.5 Å². The topological polar surface area (TPSA) is 144 Å². The van der Waals surface area contributed by atoms with E-state index in [9.17, 15) is 34.4 Å². The lowest BCUT2D eigenvalue weighted by Gasteiger charge is -2.42. The molecular weight excluding hydrogens is 596 g/mol. The molecule has 1 saturated heterocycles. The first-order valence-electron chi connectivity index (χ1n) is 13.1. The first-order valence-corrected chi connectivity index (χ1v) is 13.9. The molecule has 11 heteroatoms. The lowest BCUT2D eigenvalue weighted by atomic mass is 9.59. The quantitative estimate of drug-likeness (QED) is 0.167. The number of ether oxygens (including phenoxy) is 1. The van der Waals surface area contributed by atoms with E-state index in [-0.39, 0.29) is 57.3 Å². The minimum atomic E-state index is -0.787. The number of nitro benzene ring substituents is 1. The third-order valence-corrected chi connectivity index (χ3v) is 8.86. The zero-order chi connectivity index (χ0) is 29.2. The molecule has 1 heterocycles. The molecule has 4 aliphatic rings. The van der Waals surface area contributed by atoms with E-state index in [4.69, 9.17) is 4.74 Å². The maximum atomic E-state index is 13.9. The number of hydrogen-bond donors (Lipinski definition) is 1. The molecule has 2 aromatic rings. The van der Waals surface area contributed by atoms with Crippen LogP contribution in [0.4, 0.5) is 11.4 Å². The number of amides is 2. The molecule has 10 nitrogen and oxygen atoms in total. The molecular formula is C30H23BrN2O8. The van der Waals surface area contributed by atoms with E-state index in [0.717, 1.165) is 10.5 Å². The van der Waals surface area contributed by atoms with Crippen LogP contribution >= 0.6 is 15.9 Å². The Morgan fingerprint density at radius 3 is 2.49 bits per heavy atom. The van der Waals surface area contributed by atoms with Gasteiger partial charge in [-0.2, -0.15) is 0 Å². The minimum Gasteiger partial charge on any atom is -0.504 e. The van der Waals surface area contributed by atoms with E-state index >= 15 is 0 Å². The van der Waals surface area contributed by atoms with Crippen LogP contribution in [0.15, 0.2) is 75.8 Å². The number of nitrogens with zero attached hydrogens (tertiary/aromatic N) is 2. The summed E-state index contributed by atoms with van der Waals surface area (Å²) in [6.45, 7) is 2.07. The third-order valence-electron chi connectivity index (χ3n) is 8.27. The zero-order valence-electron chi connectivity index (χ0n) is 21.7. The van der Waals surface area contributed by atoms with Gasteiger partial charge >= 0.3 is 0 Å². The predicted molar refractivity (Wildman–Crippen MR) is 149 cm³/mol. The molecule has 1 aliphatic heterocycles. The second-order valence-electron chi connectivity index (χ2n) is 10.3. The van der Waals surface area contributed by atoms with E-state index in [1.54, 1.807) is 19.1 Å². The van der Waals surface area contributed by atoms with Gasteiger partial charge in [-0.05, 0) is 71.4 Å². The Kier molecular flexibility index (Phi) is 6.49. The van der Waals surface area contributed by atoms with E-state index in [0.29, 0.717) is 17.7 Å². The molecule has 208 valence electrons. The van der Waals surface area contributed by atoms with Crippen LogP contribution in [0.25, 0.3) is 0 Å². The highest BCUT2D eigenvalue weighted by atomic mass is 79.9. The molecule has 0 saturated carbocycles. The fourth-order valence-electron chi connectivity index (χ4n) is 6.55. The summed E-state index contributed by atoms with van der Waals surface area (Å²) in [5.74, 6) is -4.07. The lowest BCUT2D eigenvalue weighted by molar-refractivity contribution is -0.384. The molecule has 0 radical (unpaired) electrons. The largest absolute Gasteiger partial charge is 0.504 e. The normalized spacial score (nSPS) is 25.4. The lowest BCUT2D eigenvalue weighted by Crippen LogP contribution is -2.39. The molecule has 1 N–H and O–H groups in total. The standard InChI is InChI=1S/C30H23BrN2O8/c1-2-41-24-11-14(3-10-22(24)34)25-17-8-9-18-26(19(17)12-20-27(25)23(35)13-21(31)28(20)36)30(38)32(29(18)37)15-4-6-16(7-5-15)33(39)40/h3-8,10-11,13,18-19,25-26,34H,2,9,12H2,1H3. The highest BCUT2D eigenvalue weighted by molar-refractivity contribution is 9.12. The van der Waals surface area contributed by atoms with E-state index < -0.39 is 40.4 Å². The summed E-state index contributed by atoms with van der Waals surface area (Å²) in [5.41, 5.74) is 2.06. The van der Waals surface area contributed by atoms with Crippen molar-refractivity contribution in [2.24, 2.45) is 17.8 Å². The number of nitro groups is 1. The third kappa shape index (κ3) is 4.14. The maximum Gasteiger partial charge on any atom is 0.269 e. The van der Waals surface area contributed by atoms with Crippen LogP contribution in [0, 0.1) is 27.9 Å². The van der Waals surface area contributed by atoms with Crippen molar-refractivity contribution in [3.05, 3.63) is 91.5 Å². The van der Waals surface area contributed by atoms with Gasteiger partial charge in [-0.25, -0.2) is 0 Å². The SMILES string of the molecule is CCOc1cc(C2C3=CCC4C(=O)N(c5ccc([N+](=O)[O-])cc5)C(=O)C4C3CC3=C2C(=O)C=C(Br)C3=O)ccc1O. The Hall–Kier alpha value is -4.38. The van der Waals surface area contributed by atoms with Crippen molar-refractivity contribution >= 4 is 50.7 Å². The van der Waals surface area contributed by atoms with Crippen molar-refractivity contribution in [3.63, 3.8) is 0 Å². The van der Waals surface area contributed by atoms with Crippen LogP contribution in [0.5, 0.6) is 11.5 Å². The van der Waals surface area contributed by atoms with Crippen molar-refractivity contribution < 1.29 is 33.9 Å². The summed E-state index contributed by atoms with van der Waals surface area (Å²) in [7, 11) is 0. The van der Waals surface area contributed by atoms with Crippen molar-refractivity contribution in [1.29, 1.82) is 0 Å². The molecule has 3 aliphatic carbocycles. The van der Waals surface area contributed by atoms with E-state index in [2.05, 4.69) is 15.9 Å². The number of carbonyl (C=O) groups is 4. The number of benzene rings is 2. The van der Waals surface area contributed by atoms with Crippen LogP contribution in [-0.2, 0) is 19.2 Å². The number of phenolic OH excluding ortho intramolecular Hbond substituents is 1. The van der Waals surface area contributed by atoms with Gasteiger partial charge in [0.25, 0.3) is 5.69 Å². The summed E-state index contributed by atoms with van der Waals surface area (Å²) in [6.07, 6.45) is 3.51. The number of fused-ring (bicyclic) bond motifs is 3. The molecule has 1 fully saturated rings. The number of aromatic hydroxyl groups is 1. The molecule has 0 bridgehead atoms. The average molecular weight is 619 g/mol. The van der Waals surface area contributed by atoms with Gasteiger partial charge in [0.2, 0.25) is 11.8 Å². The molecule has 6 rings (SSSR count). The van der Waals surface area contributed by atoms with Crippen LogP contribution < -0.4 is 9.64 Å². The first-order chi connectivity index (χ1) is 19.6. The summed E-state index contributed by atoms with van der Waals surface area (Å²) < 4.78 is 5.71. The van der Waals surface area contributed by atoms with Gasteiger partial charge in [0.1, 0.15) is 0 Å². The Balaban J connectivity index is 1.46. The summed E-state index contributed by atoms with van der Waals surface area (Å²) in [5, 5.41) is 21.4. The second-order valence-corrected chi connectivity index (χ2v) is 11.2. The number of rotatable bonds is 5. The highest BCUT2D eigenvalue weighted by Crippen LogP contribution is 2.56. The van der Waals surface area contributed by atoms with Crippen LogP contribution in [0.1, 0.15) is 31.2 Å².